The number of aryl methyl sites for hydroxylation is 1. The number of nitrogens with one attached hydrogen (secondary N) is 2. The first-order chi connectivity index (χ1) is 17.4. The van der Waals surface area contributed by atoms with E-state index in [0.29, 0.717) is 40.8 Å². The SMILES string of the molecule is CCOc1cc(/C=C(/C#N)C(=O)Nc2ccc(C)cc2)ccc1OCC(=O)Nc1ccc(OC)cc1. The summed E-state index contributed by atoms with van der Waals surface area (Å²) in [6, 6.07) is 21.1. The first-order valence-electron chi connectivity index (χ1n) is 11.2. The van der Waals surface area contributed by atoms with Crippen molar-refractivity contribution in [1.29, 1.82) is 5.26 Å². The van der Waals surface area contributed by atoms with Gasteiger partial charge in [-0.15, -0.1) is 0 Å². The van der Waals surface area contributed by atoms with Gasteiger partial charge in [0.2, 0.25) is 0 Å². The van der Waals surface area contributed by atoms with Crippen LogP contribution in [0.15, 0.2) is 72.3 Å². The van der Waals surface area contributed by atoms with Crippen LogP contribution >= 0.6 is 0 Å². The summed E-state index contributed by atoms with van der Waals surface area (Å²) in [5.74, 6) is 0.578. The molecule has 2 amide bonds. The Morgan fingerprint density at radius 3 is 2.22 bits per heavy atom. The highest BCUT2D eigenvalue weighted by atomic mass is 16.5. The zero-order chi connectivity index (χ0) is 25.9. The molecule has 0 aliphatic heterocycles. The van der Waals surface area contributed by atoms with Crippen molar-refractivity contribution in [2.45, 2.75) is 13.8 Å². The van der Waals surface area contributed by atoms with Crippen molar-refractivity contribution in [3.8, 4) is 23.3 Å². The predicted octanol–water partition coefficient (Wildman–Crippen LogP) is 4.97. The van der Waals surface area contributed by atoms with E-state index in [-0.39, 0.29) is 18.1 Å². The second-order valence-electron chi connectivity index (χ2n) is 7.69. The summed E-state index contributed by atoms with van der Waals surface area (Å²) >= 11 is 0. The summed E-state index contributed by atoms with van der Waals surface area (Å²) in [7, 11) is 1.57. The van der Waals surface area contributed by atoms with E-state index >= 15 is 0 Å². The number of methoxy groups -OCH3 is 1. The number of carbonyl (C=O) groups excluding carboxylic acids is 2. The van der Waals surface area contributed by atoms with Gasteiger partial charge in [0.15, 0.2) is 18.1 Å². The lowest BCUT2D eigenvalue weighted by molar-refractivity contribution is -0.118. The van der Waals surface area contributed by atoms with Crippen molar-refractivity contribution >= 4 is 29.3 Å². The Morgan fingerprint density at radius 1 is 0.917 bits per heavy atom. The molecule has 0 bridgehead atoms. The van der Waals surface area contributed by atoms with E-state index in [1.165, 1.54) is 6.08 Å². The molecule has 0 radical (unpaired) electrons. The van der Waals surface area contributed by atoms with Gasteiger partial charge in [0.25, 0.3) is 11.8 Å². The van der Waals surface area contributed by atoms with Gasteiger partial charge < -0.3 is 24.8 Å². The molecule has 2 N–H and O–H groups in total. The molecule has 0 fully saturated rings. The van der Waals surface area contributed by atoms with E-state index in [4.69, 9.17) is 14.2 Å². The van der Waals surface area contributed by atoms with Crippen LogP contribution in [0.3, 0.4) is 0 Å². The summed E-state index contributed by atoms with van der Waals surface area (Å²) in [5.41, 5.74) is 2.78. The van der Waals surface area contributed by atoms with Gasteiger partial charge >= 0.3 is 0 Å². The van der Waals surface area contributed by atoms with Crippen LogP contribution in [0.4, 0.5) is 11.4 Å². The molecule has 0 spiro atoms. The Labute approximate surface area is 210 Å². The molecule has 0 saturated heterocycles. The number of nitrogens with zero attached hydrogens (tertiary/aromatic N) is 1. The van der Waals surface area contributed by atoms with Gasteiger partial charge in [-0.25, -0.2) is 0 Å². The molecule has 0 aromatic heterocycles. The van der Waals surface area contributed by atoms with Crippen LogP contribution in [0.5, 0.6) is 17.2 Å². The number of anilines is 2. The lowest BCUT2D eigenvalue weighted by Crippen LogP contribution is -2.20. The predicted molar refractivity (Wildman–Crippen MR) is 138 cm³/mol. The third-order valence-corrected chi connectivity index (χ3v) is 4.99. The van der Waals surface area contributed by atoms with Gasteiger partial charge in [0, 0.05) is 11.4 Å². The minimum absolute atomic E-state index is 0.0643. The van der Waals surface area contributed by atoms with Crippen LogP contribution in [-0.4, -0.2) is 32.1 Å². The second-order valence-corrected chi connectivity index (χ2v) is 7.69. The van der Waals surface area contributed by atoms with Crippen LogP contribution in [0.25, 0.3) is 6.08 Å². The van der Waals surface area contributed by atoms with E-state index in [2.05, 4.69) is 10.6 Å². The fourth-order valence-electron chi connectivity index (χ4n) is 3.17. The standard InChI is InChI=1S/C28H27N3O5/c1-4-35-26-16-20(15-21(17-29)28(33)31-23-8-5-19(2)6-9-23)7-14-25(26)36-18-27(32)30-22-10-12-24(34-3)13-11-22/h5-16H,4,18H2,1-3H3,(H,30,32)(H,31,33)/b21-15-. The minimum atomic E-state index is -0.519. The highest BCUT2D eigenvalue weighted by molar-refractivity contribution is 6.09. The Kier molecular flexibility index (Phi) is 9.06. The van der Waals surface area contributed by atoms with Crippen molar-refractivity contribution in [2.24, 2.45) is 0 Å². The third-order valence-electron chi connectivity index (χ3n) is 4.99. The largest absolute Gasteiger partial charge is 0.497 e. The van der Waals surface area contributed by atoms with Gasteiger partial charge in [-0.1, -0.05) is 23.8 Å². The smallest absolute Gasteiger partial charge is 0.266 e. The van der Waals surface area contributed by atoms with Crippen LogP contribution in [0.1, 0.15) is 18.1 Å². The summed E-state index contributed by atoms with van der Waals surface area (Å²) in [6.07, 6.45) is 1.46. The Balaban J connectivity index is 1.68. The number of benzene rings is 3. The zero-order valence-electron chi connectivity index (χ0n) is 20.3. The van der Waals surface area contributed by atoms with E-state index in [1.54, 1.807) is 61.7 Å². The quantitative estimate of drug-likeness (QED) is 0.310. The van der Waals surface area contributed by atoms with Crippen LogP contribution in [-0.2, 0) is 9.59 Å². The molecule has 36 heavy (non-hydrogen) atoms. The molecule has 3 aromatic rings. The minimum Gasteiger partial charge on any atom is -0.497 e. The normalized spacial score (nSPS) is 10.7. The van der Waals surface area contributed by atoms with E-state index in [0.717, 1.165) is 5.56 Å². The number of nitriles is 1. The van der Waals surface area contributed by atoms with Gasteiger partial charge in [-0.3, -0.25) is 9.59 Å². The van der Waals surface area contributed by atoms with Crippen LogP contribution in [0.2, 0.25) is 0 Å². The van der Waals surface area contributed by atoms with Crippen molar-refractivity contribution < 1.29 is 23.8 Å². The molecule has 0 saturated carbocycles. The highest BCUT2D eigenvalue weighted by Crippen LogP contribution is 2.29. The number of hydrogen-bond donors (Lipinski definition) is 2. The van der Waals surface area contributed by atoms with Crippen molar-refractivity contribution in [1.82, 2.24) is 0 Å². The van der Waals surface area contributed by atoms with Gasteiger partial charge in [0.1, 0.15) is 17.4 Å². The Hall–Kier alpha value is -4.77. The molecule has 0 unspecified atom stereocenters. The van der Waals surface area contributed by atoms with Crippen LogP contribution in [0, 0.1) is 18.3 Å². The number of rotatable bonds is 10. The third kappa shape index (κ3) is 7.37. The molecule has 8 heteroatoms. The molecule has 0 aliphatic carbocycles. The summed E-state index contributed by atoms with van der Waals surface area (Å²) in [5, 5.41) is 15.0. The van der Waals surface area contributed by atoms with E-state index < -0.39 is 5.91 Å². The molecule has 3 rings (SSSR count). The fraction of sp³-hybridized carbons (Fsp3) is 0.179. The number of ether oxygens (including phenoxy) is 3. The van der Waals surface area contributed by atoms with E-state index in [9.17, 15) is 14.9 Å². The highest BCUT2D eigenvalue weighted by Gasteiger charge is 2.13. The molecule has 0 atom stereocenters. The van der Waals surface area contributed by atoms with Gasteiger partial charge in [0.05, 0.1) is 13.7 Å². The molecule has 8 nitrogen and oxygen atoms in total. The van der Waals surface area contributed by atoms with Gasteiger partial charge in [-0.2, -0.15) is 5.26 Å². The van der Waals surface area contributed by atoms with Crippen LogP contribution < -0.4 is 24.8 Å². The fourth-order valence-corrected chi connectivity index (χ4v) is 3.17. The molecular formula is C28H27N3O5. The first-order valence-corrected chi connectivity index (χ1v) is 11.2. The topological polar surface area (TPSA) is 110 Å². The van der Waals surface area contributed by atoms with Crippen molar-refractivity contribution in [3.05, 3.63) is 83.4 Å². The Bertz CT molecular complexity index is 1280. The lowest BCUT2D eigenvalue weighted by Gasteiger charge is -2.13. The van der Waals surface area contributed by atoms with Crippen molar-refractivity contribution in [3.63, 3.8) is 0 Å². The molecule has 184 valence electrons. The summed E-state index contributed by atoms with van der Waals surface area (Å²) < 4.78 is 16.4. The maximum atomic E-state index is 12.6. The monoisotopic (exact) mass is 485 g/mol. The van der Waals surface area contributed by atoms with E-state index in [1.807, 2.05) is 32.0 Å². The summed E-state index contributed by atoms with van der Waals surface area (Å²) in [4.78, 5) is 24.9. The molecule has 3 aromatic carbocycles. The number of amides is 2. The number of hydrogen-bond acceptors (Lipinski definition) is 6. The molecule has 0 heterocycles. The van der Waals surface area contributed by atoms with Crippen molar-refractivity contribution in [2.75, 3.05) is 31.0 Å². The second kappa shape index (κ2) is 12.6. The number of carbonyl (C=O) groups is 2. The lowest BCUT2D eigenvalue weighted by atomic mass is 10.1. The molecular weight excluding hydrogens is 458 g/mol. The van der Waals surface area contributed by atoms with Gasteiger partial charge in [-0.05, 0) is 74.0 Å². The average molecular weight is 486 g/mol. The maximum absolute atomic E-state index is 12.6. The maximum Gasteiger partial charge on any atom is 0.266 e. The zero-order valence-corrected chi connectivity index (χ0v) is 20.3. The molecule has 0 aliphatic rings. The average Bonchev–Trinajstić information content (AvgIpc) is 2.88. The first kappa shape index (κ1) is 25.8. The summed E-state index contributed by atoms with van der Waals surface area (Å²) in [6.45, 7) is 3.89. The Morgan fingerprint density at radius 2 is 1.58 bits per heavy atom.